The summed E-state index contributed by atoms with van der Waals surface area (Å²) in [6.07, 6.45) is 4.02. The number of nitrogens with one attached hydrogen (secondary N) is 1. The fraction of sp³-hybridized carbons (Fsp3) is 0.389. The molecule has 1 aromatic carbocycles. The molecule has 0 bridgehead atoms. The van der Waals surface area contributed by atoms with Crippen LogP contribution in [0.3, 0.4) is 0 Å². The quantitative estimate of drug-likeness (QED) is 0.939. The van der Waals surface area contributed by atoms with Crippen LogP contribution in [-0.2, 0) is 19.4 Å². The predicted molar refractivity (Wildman–Crippen MR) is 85.6 cm³/mol. The van der Waals surface area contributed by atoms with Gasteiger partial charge in [0.25, 0.3) is 0 Å². The largest absolute Gasteiger partial charge is 0.363 e. The summed E-state index contributed by atoms with van der Waals surface area (Å²) in [5.41, 5.74) is 5.74. The molecule has 1 N–H and O–H groups in total. The van der Waals surface area contributed by atoms with E-state index in [2.05, 4.69) is 41.2 Å². The van der Waals surface area contributed by atoms with E-state index in [0.717, 1.165) is 36.2 Å². The van der Waals surface area contributed by atoms with Gasteiger partial charge in [-0.3, -0.25) is 9.69 Å². The zero-order chi connectivity index (χ0) is 15.0. The van der Waals surface area contributed by atoms with Gasteiger partial charge in [0.1, 0.15) is 0 Å². The van der Waals surface area contributed by atoms with Gasteiger partial charge in [-0.05, 0) is 44.9 Å². The molecular formula is C18H22N2O. The third kappa shape index (κ3) is 2.66. The van der Waals surface area contributed by atoms with Gasteiger partial charge in [-0.15, -0.1) is 0 Å². The first-order valence-electron chi connectivity index (χ1n) is 7.51. The molecule has 2 aromatic rings. The summed E-state index contributed by atoms with van der Waals surface area (Å²) >= 11 is 0. The zero-order valence-electron chi connectivity index (χ0n) is 12.9. The number of likely N-dealkylation sites (N-methyl/N-ethyl adjacent to an activating group) is 1. The van der Waals surface area contributed by atoms with E-state index in [1.54, 1.807) is 0 Å². The molecule has 0 aliphatic heterocycles. The lowest BCUT2D eigenvalue weighted by Gasteiger charge is -2.24. The van der Waals surface area contributed by atoms with Crippen LogP contribution in [0, 0.1) is 13.8 Å². The molecule has 1 heterocycles. The molecule has 0 unspecified atom stereocenters. The topological polar surface area (TPSA) is 36.1 Å². The molecule has 0 spiro atoms. The van der Waals surface area contributed by atoms with Crippen LogP contribution in [0.5, 0.6) is 0 Å². The highest BCUT2D eigenvalue weighted by Crippen LogP contribution is 2.25. The van der Waals surface area contributed by atoms with Crippen molar-refractivity contribution in [2.75, 3.05) is 7.05 Å². The van der Waals surface area contributed by atoms with E-state index >= 15 is 0 Å². The number of aryl methyl sites for hydroxylation is 1. The van der Waals surface area contributed by atoms with Crippen LogP contribution in [0.15, 0.2) is 35.3 Å². The monoisotopic (exact) mass is 282 g/mol. The number of hydrogen-bond acceptors (Lipinski definition) is 2. The van der Waals surface area contributed by atoms with Crippen LogP contribution in [0.25, 0.3) is 0 Å². The molecule has 1 aromatic heterocycles. The number of hydrogen-bond donors (Lipinski definition) is 1. The van der Waals surface area contributed by atoms with Gasteiger partial charge in [0.05, 0.1) is 0 Å². The van der Waals surface area contributed by atoms with E-state index in [4.69, 9.17) is 0 Å². The van der Waals surface area contributed by atoms with Crippen LogP contribution < -0.4 is 5.43 Å². The van der Waals surface area contributed by atoms with Crippen molar-refractivity contribution >= 4 is 0 Å². The molecule has 110 valence electrons. The number of nitrogens with zero attached hydrogens (tertiary/aromatic N) is 1. The molecule has 1 aliphatic rings. The average molecular weight is 282 g/mol. The Labute approximate surface area is 125 Å². The van der Waals surface area contributed by atoms with Gasteiger partial charge >= 0.3 is 0 Å². The second-order valence-electron chi connectivity index (χ2n) is 6.15. The molecule has 3 heteroatoms. The summed E-state index contributed by atoms with van der Waals surface area (Å²) < 4.78 is 0. The first-order valence-corrected chi connectivity index (χ1v) is 7.51. The molecule has 0 atom stereocenters. The summed E-state index contributed by atoms with van der Waals surface area (Å²) in [5.74, 6) is 0. The highest BCUT2D eigenvalue weighted by molar-refractivity contribution is 5.33. The molecule has 0 fully saturated rings. The van der Waals surface area contributed by atoms with Crippen molar-refractivity contribution in [3.63, 3.8) is 0 Å². The lowest BCUT2D eigenvalue weighted by atomic mass is 10.1. The Morgan fingerprint density at radius 2 is 1.81 bits per heavy atom. The summed E-state index contributed by atoms with van der Waals surface area (Å²) in [4.78, 5) is 17.7. The molecular weight excluding hydrogens is 260 g/mol. The maximum atomic E-state index is 12.0. The first-order chi connectivity index (χ1) is 10.1. The van der Waals surface area contributed by atoms with Crippen molar-refractivity contribution in [3.05, 3.63) is 68.6 Å². The van der Waals surface area contributed by atoms with Crippen molar-refractivity contribution in [3.8, 4) is 0 Å². The summed E-state index contributed by atoms with van der Waals surface area (Å²) in [7, 11) is 2.15. The van der Waals surface area contributed by atoms with Gasteiger partial charge in [-0.1, -0.05) is 24.3 Å². The van der Waals surface area contributed by atoms with E-state index in [1.165, 1.54) is 11.1 Å². The number of fused-ring (bicyclic) bond motifs is 1. The van der Waals surface area contributed by atoms with Gasteiger partial charge in [-0.25, -0.2) is 0 Å². The number of pyridine rings is 1. The van der Waals surface area contributed by atoms with Crippen LogP contribution in [0.4, 0.5) is 0 Å². The lowest BCUT2D eigenvalue weighted by Crippen LogP contribution is -2.33. The molecule has 1 aliphatic carbocycles. The Morgan fingerprint density at radius 3 is 2.43 bits per heavy atom. The van der Waals surface area contributed by atoms with Crippen molar-refractivity contribution in [1.29, 1.82) is 0 Å². The van der Waals surface area contributed by atoms with Crippen LogP contribution in [0.1, 0.15) is 27.9 Å². The number of rotatable bonds is 3. The summed E-state index contributed by atoms with van der Waals surface area (Å²) in [6, 6.07) is 9.20. The highest BCUT2D eigenvalue weighted by Gasteiger charge is 2.24. The Morgan fingerprint density at radius 1 is 1.19 bits per heavy atom. The minimum Gasteiger partial charge on any atom is -0.363 e. The Hall–Kier alpha value is -1.87. The smallest absolute Gasteiger partial charge is 0.187 e. The van der Waals surface area contributed by atoms with Crippen LogP contribution in [-0.4, -0.2) is 23.0 Å². The van der Waals surface area contributed by atoms with E-state index in [9.17, 15) is 4.79 Å². The SMILES string of the molecule is Cc1c[nH]c(CN(C)C2Cc3ccccc3C2)c(C)c1=O. The molecule has 0 radical (unpaired) electrons. The summed E-state index contributed by atoms with van der Waals surface area (Å²) in [6.45, 7) is 4.56. The third-order valence-electron chi connectivity index (χ3n) is 4.67. The highest BCUT2D eigenvalue weighted by atomic mass is 16.1. The first kappa shape index (κ1) is 14.1. The second kappa shape index (κ2) is 5.49. The Kier molecular flexibility index (Phi) is 3.68. The summed E-state index contributed by atoms with van der Waals surface area (Å²) in [5, 5.41) is 0. The van der Waals surface area contributed by atoms with Gasteiger partial charge in [0.2, 0.25) is 0 Å². The van der Waals surface area contributed by atoms with Crippen molar-refractivity contribution in [2.24, 2.45) is 0 Å². The minimum atomic E-state index is 0.159. The number of aromatic nitrogens is 1. The van der Waals surface area contributed by atoms with E-state index in [1.807, 2.05) is 20.0 Å². The van der Waals surface area contributed by atoms with E-state index in [0.29, 0.717) is 6.04 Å². The Balaban J connectivity index is 1.75. The standard InChI is InChI=1S/C18H22N2O/c1-12-10-19-17(13(2)18(12)21)11-20(3)16-8-14-6-4-5-7-15(14)9-16/h4-7,10,16H,8-9,11H2,1-3H3,(H,19,21). The van der Waals surface area contributed by atoms with E-state index in [-0.39, 0.29) is 5.43 Å². The molecule has 0 saturated heterocycles. The van der Waals surface area contributed by atoms with Gasteiger partial charge in [0.15, 0.2) is 5.43 Å². The van der Waals surface area contributed by atoms with E-state index < -0.39 is 0 Å². The minimum absolute atomic E-state index is 0.159. The predicted octanol–water partition coefficient (Wildman–Crippen LogP) is 2.59. The number of benzene rings is 1. The number of H-pyrrole nitrogens is 1. The molecule has 21 heavy (non-hydrogen) atoms. The van der Waals surface area contributed by atoms with Gasteiger partial charge < -0.3 is 4.98 Å². The van der Waals surface area contributed by atoms with Gasteiger partial charge in [0, 0.05) is 35.6 Å². The Bertz CT molecular complexity index is 692. The van der Waals surface area contributed by atoms with Gasteiger partial charge in [-0.2, -0.15) is 0 Å². The fourth-order valence-electron chi connectivity index (χ4n) is 3.19. The molecule has 3 nitrogen and oxygen atoms in total. The van der Waals surface area contributed by atoms with Crippen LogP contribution >= 0.6 is 0 Å². The molecule has 0 amide bonds. The van der Waals surface area contributed by atoms with Crippen molar-refractivity contribution in [1.82, 2.24) is 9.88 Å². The third-order valence-corrected chi connectivity index (χ3v) is 4.67. The maximum absolute atomic E-state index is 12.0. The normalized spacial score (nSPS) is 14.7. The number of aromatic amines is 1. The lowest BCUT2D eigenvalue weighted by molar-refractivity contribution is 0.237. The zero-order valence-corrected chi connectivity index (χ0v) is 12.9. The fourth-order valence-corrected chi connectivity index (χ4v) is 3.19. The average Bonchev–Trinajstić information content (AvgIpc) is 2.92. The molecule has 3 rings (SSSR count). The maximum Gasteiger partial charge on any atom is 0.187 e. The molecule has 0 saturated carbocycles. The van der Waals surface area contributed by atoms with Crippen molar-refractivity contribution in [2.45, 2.75) is 39.3 Å². The second-order valence-corrected chi connectivity index (χ2v) is 6.15. The van der Waals surface area contributed by atoms with Crippen molar-refractivity contribution < 1.29 is 0 Å². The van der Waals surface area contributed by atoms with Crippen LogP contribution in [0.2, 0.25) is 0 Å².